The molecule has 134 valence electrons. The van der Waals surface area contributed by atoms with Crippen LogP contribution < -0.4 is 9.46 Å². The Morgan fingerprint density at radius 2 is 2.04 bits per heavy atom. The minimum atomic E-state index is -3.19. The molecular weight excluding hydrogens is 328 g/mol. The zero-order valence-electron chi connectivity index (χ0n) is 14.3. The van der Waals surface area contributed by atoms with Crippen LogP contribution >= 0.6 is 0 Å². The van der Waals surface area contributed by atoms with Crippen LogP contribution in [-0.2, 0) is 21.2 Å². The van der Waals surface area contributed by atoms with Gasteiger partial charge in [0.05, 0.1) is 6.26 Å². The molecule has 7 heteroatoms. The van der Waals surface area contributed by atoms with Crippen molar-refractivity contribution in [3.05, 3.63) is 29.8 Å². The summed E-state index contributed by atoms with van der Waals surface area (Å²) in [6.07, 6.45) is 3.92. The Morgan fingerprint density at radius 3 is 2.67 bits per heavy atom. The van der Waals surface area contributed by atoms with Crippen LogP contribution in [0.5, 0.6) is 5.75 Å². The van der Waals surface area contributed by atoms with Crippen molar-refractivity contribution in [1.82, 2.24) is 9.62 Å². The van der Waals surface area contributed by atoms with Gasteiger partial charge in [-0.3, -0.25) is 4.79 Å². The van der Waals surface area contributed by atoms with Gasteiger partial charge >= 0.3 is 0 Å². The van der Waals surface area contributed by atoms with E-state index < -0.39 is 10.0 Å². The van der Waals surface area contributed by atoms with Crippen molar-refractivity contribution in [3.8, 4) is 5.75 Å². The predicted molar refractivity (Wildman–Crippen MR) is 93.5 cm³/mol. The lowest BCUT2D eigenvalue weighted by Crippen LogP contribution is -2.45. The first kappa shape index (κ1) is 18.7. The third-order valence-corrected chi connectivity index (χ3v) is 4.89. The molecule has 0 bridgehead atoms. The quantitative estimate of drug-likeness (QED) is 0.803. The molecule has 1 saturated heterocycles. The van der Waals surface area contributed by atoms with Gasteiger partial charge in [0.2, 0.25) is 10.0 Å². The lowest BCUT2D eigenvalue weighted by atomic mass is 9.98. The maximum absolute atomic E-state index is 12.3. The summed E-state index contributed by atoms with van der Waals surface area (Å²) in [5, 5.41) is 0. The molecule has 1 aromatic rings. The van der Waals surface area contributed by atoms with E-state index in [0.29, 0.717) is 25.4 Å². The first-order valence-corrected chi connectivity index (χ1v) is 10.2. The van der Waals surface area contributed by atoms with Crippen molar-refractivity contribution in [2.24, 2.45) is 5.92 Å². The van der Waals surface area contributed by atoms with Crippen molar-refractivity contribution >= 4 is 15.9 Å². The number of likely N-dealkylation sites (tertiary alicyclic amines) is 1. The second kappa shape index (κ2) is 8.48. The van der Waals surface area contributed by atoms with Crippen LogP contribution in [0.3, 0.4) is 0 Å². The van der Waals surface area contributed by atoms with Gasteiger partial charge in [0.1, 0.15) is 5.75 Å². The summed E-state index contributed by atoms with van der Waals surface area (Å²) < 4.78 is 30.5. The fourth-order valence-corrected chi connectivity index (χ4v) is 3.32. The first-order valence-electron chi connectivity index (χ1n) is 8.31. The van der Waals surface area contributed by atoms with Crippen molar-refractivity contribution in [2.45, 2.75) is 26.2 Å². The highest BCUT2D eigenvalue weighted by Crippen LogP contribution is 2.17. The zero-order valence-corrected chi connectivity index (χ0v) is 15.1. The Balaban J connectivity index is 1.80. The number of nitrogens with zero attached hydrogens (tertiary/aromatic N) is 1. The number of piperidine rings is 1. The molecule has 0 saturated carbocycles. The van der Waals surface area contributed by atoms with Gasteiger partial charge in [-0.05, 0) is 42.9 Å². The summed E-state index contributed by atoms with van der Waals surface area (Å²) in [6, 6.07) is 7.74. The second-order valence-corrected chi connectivity index (χ2v) is 8.09. The molecule has 2 rings (SSSR count). The number of amides is 1. The summed E-state index contributed by atoms with van der Waals surface area (Å²) in [4.78, 5) is 14.1. The second-order valence-electron chi connectivity index (χ2n) is 6.25. The van der Waals surface area contributed by atoms with E-state index in [1.54, 1.807) is 4.90 Å². The molecule has 1 atom stereocenters. The number of carbonyl (C=O) groups excluding carboxylic acids is 1. The lowest BCUT2D eigenvalue weighted by Gasteiger charge is -2.32. The van der Waals surface area contributed by atoms with E-state index in [0.717, 1.165) is 25.5 Å². The van der Waals surface area contributed by atoms with Gasteiger partial charge < -0.3 is 9.64 Å². The van der Waals surface area contributed by atoms with E-state index in [2.05, 4.69) is 11.6 Å². The van der Waals surface area contributed by atoms with Gasteiger partial charge in [-0.15, -0.1) is 0 Å². The molecule has 0 spiro atoms. The van der Waals surface area contributed by atoms with Crippen LogP contribution in [0, 0.1) is 5.92 Å². The number of ether oxygens (including phenoxy) is 1. The van der Waals surface area contributed by atoms with Crippen LogP contribution in [-0.4, -0.2) is 51.7 Å². The van der Waals surface area contributed by atoms with Gasteiger partial charge in [0, 0.05) is 19.6 Å². The minimum Gasteiger partial charge on any atom is -0.484 e. The largest absolute Gasteiger partial charge is 0.484 e. The molecule has 24 heavy (non-hydrogen) atoms. The molecule has 1 amide bonds. The maximum Gasteiger partial charge on any atom is 0.260 e. The Bertz CT molecular complexity index is 643. The third-order valence-electron chi connectivity index (χ3n) is 4.20. The summed E-state index contributed by atoms with van der Waals surface area (Å²) in [5.74, 6) is 0.785. The average Bonchev–Trinajstić information content (AvgIpc) is 2.58. The van der Waals surface area contributed by atoms with E-state index in [1.807, 2.05) is 24.3 Å². The SMILES string of the molecule is CCc1ccc(OCC(=O)N2CCCC(CNS(C)(=O)=O)C2)cc1. The Kier molecular flexibility index (Phi) is 6.62. The first-order chi connectivity index (χ1) is 11.4. The lowest BCUT2D eigenvalue weighted by molar-refractivity contribution is -0.135. The normalized spacial score (nSPS) is 18.4. The highest BCUT2D eigenvalue weighted by molar-refractivity contribution is 7.88. The molecule has 1 N–H and O–H groups in total. The van der Waals surface area contributed by atoms with Crippen LogP contribution in [0.2, 0.25) is 0 Å². The Hall–Kier alpha value is -1.60. The van der Waals surface area contributed by atoms with Crippen LogP contribution in [0.1, 0.15) is 25.3 Å². The standard InChI is InChI=1S/C17H26N2O4S/c1-3-14-6-8-16(9-7-14)23-13-17(20)19-10-4-5-15(12-19)11-18-24(2,21)22/h6-9,15,18H,3-5,10-13H2,1-2H3. The van der Waals surface area contributed by atoms with Crippen molar-refractivity contribution in [2.75, 3.05) is 32.5 Å². The average molecular weight is 354 g/mol. The number of carbonyl (C=O) groups is 1. The topological polar surface area (TPSA) is 75.7 Å². The number of hydrogen-bond donors (Lipinski definition) is 1. The Labute approximate surface area is 144 Å². The summed E-state index contributed by atoms with van der Waals surface area (Å²) in [6.45, 7) is 3.75. The maximum atomic E-state index is 12.3. The summed E-state index contributed by atoms with van der Waals surface area (Å²) in [5.41, 5.74) is 1.23. The van der Waals surface area contributed by atoms with Crippen LogP contribution in [0.4, 0.5) is 0 Å². The number of benzene rings is 1. The monoisotopic (exact) mass is 354 g/mol. The van der Waals surface area contributed by atoms with Gasteiger partial charge in [-0.25, -0.2) is 13.1 Å². The van der Waals surface area contributed by atoms with Crippen molar-refractivity contribution < 1.29 is 17.9 Å². The molecule has 1 fully saturated rings. The molecule has 1 heterocycles. The molecule has 1 aliphatic rings. The molecule has 0 aromatic heterocycles. The molecule has 0 aliphatic carbocycles. The molecule has 6 nitrogen and oxygen atoms in total. The van der Waals surface area contributed by atoms with E-state index in [9.17, 15) is 13.2 Å². The van der Waals surface area contributed by atoms with Crippen LogP contribution in [0.25, 0.3) is 0 Å². The smallest absolute Gasteiger partial charge is 0.260 e. The van der Waals surface area contributed by atoms with Crippen LogP contribution in [0.15, 0.2) is 24.3 Å². The number of hydrogen-bond acceptors (Lipinski definition) is 4. The zero-order chi connectivity index (χ0) is 17.6. The van der Waals surface area contributed by atoms with Gasteiger partial charge in [-0.1, -0.05) is 19.1 Å². The summed E-state index contributed by atoms with van der Waals surface area (Å²) >= 11 is 0. The van der Waals surface area contributed by atoms with Crippen molar-refractivity contribution in [1.29, 1.82) is 0 Å². The minimum absolute atomic E-state index is 0.0116. The molecule has 1 unspecified atom stereocenters. The highest BCUT2D eigenvalue weighted by Gasteiger charge is 2.24. The fourth-order valence-electron chi connectivity index (χ4n) is 2.79. The molecule has 1 aliphatic heterocycles. The molecular formula is C17H26N2O4S. The van der Waals surface area contributed by atoms with E-state index in [-0.39, 0.29) is 18.4 Å². The summed E-state index contributed by atoms with van der Waals surface area (Å²) in [7, 11) is -3.19. The molecule has 0 radical (unpaired) electrons. The van der Waals surface area contributed by atoms with Gasteiger partial charge in [0.15, 0.2) is 6.61 Å². The van der Waals surface area contributed by atoms with E-state index >= 15 is 0 Å². The highest BCUT2D eigenvalue weighted by atomic mass is 32.2. The molecule has 1 aromatic carbocycles. The number of rotatable bonds is 7. The van der Waals surface area contributed by atoms with Gasteiger partial charge in [-0.2, -0.15) is 0 Å². The fraction of sp³-hybridized carbons (Fsp3) is 0.588. The van der Waals surface area contributed by atoms with Crippen molar-refractivity contribution in [3.63, 3.8) is 0 Å². The number of nitrogens with one attached hydrogen (secondary N) is 1. The number of aryl methyl sites for hydroxylation is 1. The predicted octanol–water partition coefficient (Wildman–Crippen LogP) is 1.42. The third kappa shape index (κ3) is 6.13. The van der Waals surface area contributed by atoms with E-state index in [4.69, 9.17) is 4.74 Å². The number of sulfonamides is 1. The van der Waals surface area contributed by atoms with Gasteiger partial charge in [0.25, 0.3) is 5.91 Å². The van der Waals surface area contributed by atoms with E-state index in [1.165, 1.54) is 5.56 Å². The Morgan fingerprint density at radius 1 is 1.33 bits per heavy atom.